The number of esters is 2. The van der Waals surface area contributed by atoms with Crippen molar-refractivity contribution in [2.24, 2.45) is 0 Å². The van der Waals surface area contributed by atoms with E-state index in [0.717, 1.165) is 0 Å². The lowest BCUT2D eigenvalue weighted by molar-refractivity contribution is -0.127. The van der Waals surface area contributed by atoms with Gasteiger partial charge in [0.25, 0.3) is 0 Å². The zero-order valence-corrected chi connectivity index (χ0v) is 17.4. The lowest BCUT2D eigenvalue weighted by Crippen LogP contribution is -2.32. The lowest BCUT2D eigenvalue weighted by atomic mass is 9.77. The second-order valence-corrected chi connectivity index (χ2v) is 7.73. The fraction of sp³-hybridized carbons (Fsp3) is 0.120. The average Bonchev–Trinajstić information content (AvgIpc) is 3.29. The molecule has 0 radical (unpaired) electrons. The Kier molecular flexibility index (Phi) is 3.67. The van der Waals surface area contributed by atoms with Crippen molar-refractivity contribution in [3.8, 4) is 11.5 Å². The van der Waals surface area contributed by atoms with Crippen molar-refractivity contribution >= 4 is 23.5 Å². The van der Waals surface area contributed by atoms with E-state index in [9.17, 15) is 19.2 Å². The van der Waals surface area contributed by atoms with Crippen LogP contribution >= 0.6 is 0 Å². The highest BCUT2D eigenvalue weighted by Gasteiger charge is 2.61. The van der Waals surface area contributed by atoms with Crippen molar-refractivity contribution in [2.45, 2.75) is 5.79 Å². The maximum absolute atomic E-state index is 13.7. The number of hydrogen-bond donors (Lipinski definition) is 0. The molecule has 0 unspecified atom stereocenters. The van der Waals surface area contributed by atoms with Crippen LogP contribution in [0.2, 0.25) is 0 Å². The fourth-order valence-electron chi connectivity index (χ4n) is 4.85. The van der Waals surface area contributed by atoms with Gasteiger partial charge in [-0.25, -0.2) is 9.59 Å². The third-order valence-corrected chi connectivity index (χ3v) is 6.20. The summed E-state index contributed by atoms with van der Waals surface area (Å²) in [5.74, 6) is -4.34. The van der Waals surface area contributed by atoms with Crippen LogP contribution in [0.3, 0.4) is 0 Å². The summed E-state index contributed by atoms with van der Waals surface area (Å²) in [6.45, 7) is 0. The highest BCUT2D eigenvalue weighted by molar-refractivity contribution is 6.30. The lowest BCUT2D eigenvalue weighted by Gasteiger charge is -2.28. The van der Waals surface area contributed by atoms with E-state index in [2.05, 4.69) is 0 Å². The number of methoxy groups -OCH3 is 2. The molecular formula is C25H14O8. The van der Waals surface area contributed by atoms with E-state index >= 15 is 0 Å². The van der Waals surface area contributed by atoms with Crippen LogP contribution in [-0.4, -0.2) is 37.7 Å². The van der Waals surface area contributed by atoms with Crippen LogP contribution in [0.1, 0.15) is 63.7 Å². The quantitative estimate of drug-likeness (QED) is 0.436. The summed E-state index contributed by atoms with van der Waals surface area (Å²) in [4.78, 5) is 53.0. The molecule has 1 atom stereocenters. The van der Waals surface area contributed by atoms with Crippen molar-refractivity contribution in [3.63, 3.8) is 0 Å². The van der Waals surface area contributed by atoms with E-state index in [1.54, 1.807) is 30.3 Å². The summed E-state index contributed by atoms with van der Waals surface area (Å²) < 4.78 is 22.2. The Labute approximate surface area is 186 Å². The summed E-state index contributed by atoms with van der Waals surface area (Å²) in [6.07, 6.45) is 0. The molecule has 162 valence electrons. The Morgan fingerprint density at radius 1 is 0.636 bits per heavy atom. The first-order valence-corrected chi connectivity index (χ1v) is 10.0. The third-order valence-electron chi connectivity index (χ3n) is 6.20. The van der Waals surface area contributed by atoms with Crippen LogP contribution in [0.5, 0.6) is 11.5 Å². The average molecular weight is 442 g/mol. The summed E-state index contributed by atoms with van der Waals surface area (Å²) in [5.41, 5.74) is 0.549. The summed E-state index contributed by atoms with van der Waals surface area (Å²) in [7, 11) is 2.73. The molecule has 1 spiro atoms. The van der Waals surface area contributed by atoms with Gasteiger partial charge in [-0.05, 0) is 18.2 Å². The zero-order chi connectivity index (χ0) is 23.1. The van der Waals surface area contributed by atoms with Gasteiger partial charge < -0.3 is 18.9 Å². The molecule has 2 heterocycles. The Balaban J connectivity index is 1.76. The minimum Gasteiger partial charge on any atom is -0.496 e. The molecule has 0 saturated carbocycles. The molecule has 3 aromatic rings. The number of ketones is 2. The zero-order valence-electron chi connectivity index (χ0n) is 17.4. The molecule has 1 aliphatic carbocycles. The van der Waals surface area contributed by atoms with Crippen LogP contribution in [0.15, 0.2) is 48.5 Å². The highest BCUT2D eigenvalue weighted by atomic mass is 16.7. The highest BCUT2D eigenvalue weighted by Crippen LogP contribution is 2.55. The molecule has 6 rings (SSSR count). The second-order valence-electron chi connectivity index (χ2n) is 7.73. The number of carbonyl (C=O) groups is 4. The van der Waals surface area contributed by atoms with Crippen molar-refractivity contribution < 1.29 is 38.1 Å². The van der Waals surface area contributed by atoms with Crippen LogP contribution in [0.25, 0.3) is 0 Å². The molecule has 3 aliphatic rings. The normalized spacial score (nSPS) is 19.5. The molecule has 0 bridgehead atoms. The summed E-state index contributed by atoms with van der Waals surface area (Å²) >= 11 is 0. The van der Waals surface area contributed by atoms with Crippen LogP contribution in [-0.2, 0) is 15.3 Å². The van der Waals surface area contributed by atoms with E-state index in [1.807, 2.05) is 0 Å². The molecule has 0 saturated heterocycles. The van der Waals surface area contributed by atoms with E-state index in [-0.39, 0.29) is 56.0 Å². The van der Waals surface area contributed by atoms with Gasteiger partial charge >= 0.3 is 17.7 Å². The predicted molar refractivity (Wildman–Crippen MR) is 111 cm³/mol. The number of fused-ring (bicyclic) bond motifs is 7. The number of hydrogen-bond acceptors (Lipinski definition) is 8. The third kappa shape index (κ3) is 2.19. The number of rotatable bonds is 2. The standard InChI is InChI=1S/C25H14O8/c1-30-15-9-5-8-13-19(15)25(32-23(13)28)20-17-14(10-16(31-2)18(20)24(29)33-25)21(26)11-6-3-4-7-12(11)22(17)27/h3-10H,1-2H3/t25-/m1/s1. The molecule has 0 aromatic heterocycles. The summed E-state index contributed by atoms with van der Waals surface area (Å²) in [5, 5.41) is 0. The van der Waals surface area contributed by atoms with E-state index < -0.39 is 29.3 Å². The predicted octanol–water partition coefficient (Wildman–Crippen LogP) is 3.02. The van der Waals surface area contributed by atoms with Gasteiger partial charge in [0.15, 0.2) is 11.6 Å². The van der Waals surface area contributed by atoms with Gasteiger partial charge in [0.2, 0.25) is 0 Å². The minimum absolute atomic E-state index is 0.0329. The molecule has 2 aliphatic heterocycles. The van der Waals surface area contributed by atoms with Crippen molar-refractivity contribution in [1.82, 2.24) is 0 Å². The van der Waals surface area contributed by atoms with E-state index in [0.29, 0.717) is 0 Å². The van der Waals surface area contributed by atoms with Gasteiger partial charge in [-0.2, -0.15) is 0 Å². The van der Waals surface area contributed by atoms with Crippen LogP contribution in [0, 0.1) is 0 Å². The van der Waals surface area contributed by atoms with Crippen molar-refractivity contribution in [3.05, 3.63) is 93.0 Å². The number of benzene rings is 3. The maximum atomic E-state index is 13.7. The van der Waals surface area contributed by atoms with E-state index in [1.165, 1.54) is 32.4 Å². The van der Waals surface area contributed by atoms with E-state index in [4.69, 9.17) is 18.9 Å². The SMILES string of the molecule is COc1cc2c(c3c1C(=O)O[C@@]31OC(=O)c3cccc(OC)c31)C(=O)c1ccccc1C2=O. The summed E-state index contributed by atoms with van der Waals surface area (Å²) in [6, 6.07) is 12.4. The monoisotopic (exact) mass is 442 g/mol. The molecule has 8 heteroatoms. The first kappa shape index (κ1) is 19.2. The van der Waals surface area contributed by atoms with Gasteiger partial charge in [0, 0.05) is 22.3 Å². The topological polar surface area (TPSA) is 105 Å². The van der Waals surface area contributed by atoms with Crippen LogP contribution < -0.4 is 9.47 Å². The van der Waals surface area contributed by atoms with Crippen LogP contribution in [0.4, 0.5) is 0 Å². The minimum atomic E-state index is -2.09. The molecule has 8 nitrogen and oxygen atoms in total. The molecule has 33 heavy (non-hydrogen) atoms. The first-order chi connectivity index (χ1) is 15.9. The molecule has 0 N–H and O–H groups in total. The Hall–Kier alpha value is -4.46. The van der Waals surface area contributed by atoms with Crippen molar-refractivity contribution in [2.75, 3.05) is 14.2 Å². The largest absolute Gasteiger partial charge is 0.496 e. The first-order valence-electron chi connectivity index (χ1n) is 10.0. The van der Waals surface area contributed by atoms with Gasteiger partial charge in [-0.15, -0.1) is 0 Å². The van der Waals surface area contributed by atoms with Gasteiger partial charge in [0.1, 0.15) is 17.1 Å². The maximum Gasteiger partial charge on any atom is 0.346 e. The molecular weight excluding hydrogens is 428 g/mol. The number of ether oxygens (including phenoxy) is 4. The second kappa shape index (κ2) is 6.29. The fourth-order valence-corrected chi connectivity index (χ4v) is 4.85. The number of carbonyl (C=O) groups excluding carboxylic acids is 4. The Bertz CT molecular complexity index is 1470. The molecule has 0 fully saturated rings. The van der Waals surface area contributed by atoms with Crippen molar-refractivity contribution in [1.29, 1.82) is 0 Å². The smallest absolute Gasteiger partial charge is 0.346 e. The van der Waals surface area contributed by atoms with Gasteiger partial charge in [0.05, 0.1) is 30.9 Å². The Morgan fingerprint density at radius 3 is 1.97 bits per heavy atom. The molecule has 3 aromatic carbocycles. The van der Waals surface area contributed by atoms with Gasteiger partial charge in [-0.3, -0.25) is 9.59 Å². The molecule has 0 amide bonds. The Morgan fingerprint density at radius 2 is 1.27 bits per heavy atom. The van der Waals surface area contributed by atoms with Gasteiger partial charge in [-0.1, -0.05) is 30.3 Å².